The number of halogens is 1. The van der Waals surface area contributed by atoms with E-state index < -0.39 is 10.0 Å². The Labute approximate surface area is 159 Å². The van der Waals surface area contributed by atoms with E-state index >= 15 is 0 Å². The maximum absolute atomic E-state index is 12.9. The summed E-state index contributed by atoms with van der Waals surface area (Å²) in [6.07, 6.45) is 1.54. The zero-order valence-electron chi connectivity index (χ0n) is 14.5. The second-order valence-electron chi connectivity index (χ2n) is 5.60. The van der Waals surface area contributed by atoms with Crippen LogP contribution in [0, 0.1) is 0 Å². The Hall–Kier alpha value is -2.15. The summed E-state index contributed by atoms with van der Waals surface area (Å²) in [5.41, 5.74) is 1.31. The lowest BCUT2D eigenvalue weighted by molar-refractivity contribution is 0.0956. The number of hydrogen-bond donors (Lipinski definition) is 1. The van der Waals surface area contributed by atoms with Gasteiger partial charge in [-0.1, -0.05) is 29.8 Å². The van der Waals surface area contributed by atoms with Gasteiger partial charge in [-0.05, 0) is 48.9 Å². The first-order valence-electron chi connectivity index (χ1n) is 8.12. The van der Waals surface area contributed by atoms with Crippen LogP contribution in [0.3, 0.4) is 0 Å². The van der Waals surface area contributed by atoms with E-state index in [1.807, 2.05) is 6.92 Å². The largest absolute Gasteiger partial charge is 0.352 e. The Morgan fingerprint density at radius 3 is 2.31 bits per heavy atom. The van der Waals surface area contributed by atoms with Gasteiger partial charge in [-0.3, -0.25) is 4.79 Å². The third-order valence-electron chi connectivity index (χ3n) is 3.70. The zero-order chi connectivity index (χ0) is 19.2. The zero-order valence-corrected chi connectivity index (χ0v) is 16.1. The molecule has 1 amide bonds. The van der Waals surface area contributed by atoms with Crippen molar-refractivity contribution in [1.82, 2.24) is 9.62 Å². The summed E-state index contributed by atoms with van der Waals surface area (Å²) in [7, 11) is -3.69. The van der Waals surface area contributed by atoms with Gasteiger partial charge in [-0.2, -0.15) is 4.31 Å². The van der Waals surface area contributed by atoms with Crippen molar-refractivity contribution in [2.24, 2.45) is 0 Å². The van der Waals surface area contributed by atoms with Crippen LogP contribution in [-0.2, 0) is 16.6 Å². The molecule has 0 fully saturated rings. The van der Waals surface area contributed by atoms with Crippen molar-refractivity contribution < 1.29 is 13.2 Å². The van der Waals surface area contributed by atoms with Crippen LogP contribution < -0.4 is 5.32 Å². The Kier molecular flexibility index (Phi) is 6.97. The van der Waals surface area contributed by atoms with Crippen LogP contribution in [0.15, 0.2) is 66.1 Å². The first kappa shape index (κ1) is 20.2. The molecular weight excluding hydrogens is 372 g/mol. The molecule has 138 valence electrons. The van der Waals surface area contributed by atoms with Crippen LogP contribution in [-0.4, -0.2) is 31.7 Å². The molecule has 7 heteroatoms. The fraction of sp³-hybridized carbons (Fsp3) is 0.211. The average molecular weight is 393 g/mol. The predicted molar refractivity (Wildman–Crippen MR) is 104 cm³/mol. The third-order valence-corrected chi connectivity index (χ3v) is 5.77. The van der Waals surface area contributed by atoms with E-state index in [4.69, 9.17) is 11.6 Å². The van der Waals surface area contributed by atoms with Crippen molar-refractivity contribution in [3.63, 3.8) is 0 Å². The molecule has 0 radical (unpaired) electrons. The van der Waals surface area contributed by atoms with Crippen molar-refractivity contribution in [3.05, 3.63) is 77.3 Å². The van der Waals surface area contributed by atoms with Gasteiger partial charge < -0.3 is 5.32 Å². The van der Waals surface area contributed by atoms with Gasteiger partial charge >= 0.3 is 0 Å². The van der Waals surface area contributed by atoms with Gasteiger partial charge in [-0.25, -0.2) is 8.42 Å². The minimum absolute atomic E-state index is 0.157. The van der Waals surface area contributed by atoms with Crippen molar-refractivity contribution >= 4 is 27.5 Å². The number of benzene rings is 2. The second-order valence-corrected chi connectivity index (χ2v) is 7.97. The molecule has 0 aliphatic carbocycles. The summed E-state index contributed by atoms with van der Waals surface area (Å²) in [5.74, 6) is -0.157. The molecule has 2 aromatic rings. The highest BCUT2D eigenvalue weighted by atomic mass is 35.5. The maximum atomic E-state index is 12.9. The minimum atomic E-state index is -3.69. The van der Waals surface area contributed by atoms with Crippen molar-refractivity contribution in [2.45, 2.75) is 18.4 Å². The summed E-state index contributed by atoms with van der Waals surface area (Å²) < 4.78 is 27.1. The number of nitrogens with zero attached hydrogens (tertiary/aromatic N) is 1. The highest BCUT2D eigenvalue weighted by Gasteiger charge is 2.23. The average Bonchev–Trinajstić information content (AvgIpc) is 2.62. The molecule has 2 aromatic carbocycles. The lowest BCUT2D eigenvalue weighted by Crippen LogP contribution is -2.31. The van der Waals surface area contributed by atoms with E-state index in [9.17, 15) is 13.2 Å². The van der Waals surface area contributed by atoms with Gasteiger partial charge in [0.1, 0.15) is 0 Å². The molecule has 0 aromatic heterocycles. The normalized spacial score (nSPS) is 11.3. The quantitative estimate of drug-likeness (QED) is 0.699. The Balaban J connectivity index is 2.23. The van der Waals surface area contributed by atoms with E-state index in [-0.39, 0.29) is 23.9 Å². The molecule has 0 saturated heterocycles. The first-order chi connectivity index (χ1) is 12.4. The number of hydrogen-bond acceptors (Lipinski definition) is 3. The monoisotopic (exact) mass is 392 g/mol. The van der Waals surface area contributed by atoms with Gasteiger partial charge in [0.25, 0.3) is 5.91 Å². The maximum Gasteiger partial charge on any atom is 0.251 e. The number of amides is 1. The fourth-order valence-corrected chi connectivity index (χ4v) is 3.90. The molecular formula is C19H21ClN2O3S. The molecule has 0 heterocycles. The number of sulfonamides is 1. The minimum Gasteiger partial charge on any atom is -0.352 e. The van der Waals surface area contributed by atoms with E-state index in [1.165, 1.54) is 22.5 Å². The summed E-state index contributed by atoms with van der Waals surface area (Å²) in [6, 6.07) is 12.9. The van der Waals surface area contributed by atoms with Gasteiger partial charge in [0.15, 0.2) is 0 Å². The lowest BCUT2D eigenvalue weighted by Gasteiger charge is -2.21. The third kappa shape index (κ3) is 4.94. The molecule has 5 nitrogen and oxygen atoms in total. The van der Waals surface area contributed by atoms with Crippen molar-refractivity contribution in [3.8, 4) is 0 Å². The number of carbonyl (C=O) groups is 1. The fourth-order valence-electron chi connectivity index (χ4n) is 2.38. The standard InChI is InChI=1S/C19H21ClN2O3S/c1-3-13-22(26(24,25)18-11-9-17(20)10-12-18)14-15-5-7-16(8-6-15)19(23)21-4-2/h3,5-12H,1,4,13-14H2,2H3,(H,21,23). The van der Waals surface area contributed by atoms with Crippen LogP contribution >= 0.6 is 11.6 Å². The van der Waals surface area contributed by atoms with Crippen molar-refractivity contribution in [1.29, 1.82) is 0 Å². The summed E-state index contributed by atoms with van der Waals surface area (Å²) in [6.45, 7) is 6.38. The molecule has 0 aliphatic rings. The molecule has 0 unspecified atom stereocenters. The van der Waals surface area contributed by atoms with Gasteiger partial charge in [0, 0.05) is 30.2 Å². The van der Waals surface area contributed by atoms with Gasteiger partial charge in [0.05, 0.1) is 4.90 Å². The van der Waals surface area contributed by atoms with E-state index in [1.54, 1.807) is 36.4 Å². The van der Waals surface area contributed by atoms with E-state index in [0.29, 0.717) is 17.1 Å². The molecule has 2 rings (SSSR count). The number of carbonyl (C=O) groups excluding carboxylic acids is 1. The van der Waals surface area contributed by atoms with Crippen LogP contribution in [0.2, 0.25) is 5.02 Å². The van der Waals surface area contributed by atoms with E-state index in [2.05, 4.69) is 11.9 Å². The van der Waals surface area contributed by atoms with Gasteiger partial charge in [0.2, 0.25) is 10.0 Å². The Bertz CT molecular complexity index is 863. The van der Waals surface area contributed by atoms with Crippen LogP contribution in [0.5, 0.6) is 0 Å². The Morgan fingerprint density at radius 2 is 1.77 bits per heavy atom. The molecule has 0 spiro atoms. The number of rotatable bonds is 8. The van der Waals surface area contributed by atoms with Crippen LogP contribution in [0.4, 0.5) is 0 Å². The highest BCUT2D eigenvalue weighted by Crippen LogP contribution is 2.20. The van der Waals surface area contributed by atoms with Crippen LogP contribution in [0.1, 0.15) is 22.8 Å². The predicted octanol–water partition coefficient (Wildman–Crippen LogP) is 3.47. The van der Waals surface area contributed by atoms with Crippen LogP contribution in [0.25, 0.3) is 0 Å². The molecule has 0 aliphatic heterocycles. The molecule has 26 heavy (non-hydrogen) atoms. The topological polar surface area (TPSA) is 66.5 Å². The van der Waals surface area contributed by atoms with E-state index in [0.717, 1.165) is 5.56 Å². The lowest BCUT2D eigenvalue weighted by atomic mass is 10.1. The first-order valence-corrected chi connectivity index (χ1v) is 9.94. The molecule has 0 bridgehead atoms. The highest BCUT2D eigenvalue weighted by molar-refractivity contribution is 7.89. The van der Waals surface area contributed by atoms with Crippen molar-refractivity contribution in [2.75, 3.05) is 13.1 Å². The SMILES string of the molecule is C=CCN(Cc1ccc(C(=O)NCC)cc1)S(=O)(=O)c1ccc(Cl)cc1. The number of nitrogens with one attached hydrogen (secondary N) is 1. The second kappa shape index (κ2) is 8.98. The van der Waals surface area contributed by atoms with Gasteiger partial charge in [-0.15, -0.1) is 6.58 Å². The summed E-state index contributed by atoms with van der Waals surface area (Å²) in [4.78, 5) is 12.0. The molecule has 0 atom stereocenters. The Morgan fingerprint density at radius 1 is 1.15 bits per heavy atom. The smallest absolute Gasteiger partial charge is 0.251 e. The molecule has 0 saturated carbocycles. The summed E-state index contributed by atoms with van der Waals surface area (Å²) in [5, 5.41) is 3.20. The molecule has 1 N–H and O–H groups in total. The summed E-state index contributed by atoms with van der Waals surface area (Å²) >= 11 is 5.84.